The lowest BCUT2D eigenvalue weighted by molar-refractivity contribution is 0.310. The van der Waals surface area contributed by atoms with Crippen LogP contribution in [0.3, 0.4) is 0 Å². The third kappa shape index (κ3) is 7.41. The molecule has 0 amide bonds. The minimum absolute atomic E-state index is 0.486. The van der Waals surface area contributed by atoms with Crippen LogP contribution in [0.25, 0.3) is 0 Å². The van der Waals surface area contributed by atoms with Crippen molar-refractivity contribution in [3.63, 3.8) is 0 Å². The van der Waals surface area contributed by atoms with Crippen molar-refractivity contribution >= 4 is 0 Å². The van der Waals surface area contributed by atoms with Gasteiger partial charge in [-0.3, -0.25) is 0 Å². The van der Waals surface area contributed by atoms with Gasteiger partial charge < -0.3 is 5.32 Å². The summed E-state index contributed by atoms with van der Waals surface area (Å²) in [7, 11) is 0. The molecule has 1 saturated carbocycles. The Morgan fingerprint density at radius 1 is 1.11 bits per heavy atom. The largest absolute Gasteiger partial charge is 0.314 e. The molecule has 0 aliphatic heterocycles. The maximum absolute atomic E-state index is 3.77. The molecule has 0 aromatic carbocycles. The van der Waals surface area contributed by atoms with Crippen LogP contribution < -0.4 is 5.32 Å². The van der Waals surface area contributed by atoms with Crippen molar-refractivity contribution in [2.45, 2.75) is 91.5 Å². The van der Waals surface area contributed by atoms with Crippen molar-refractivity contribution in [3.8, 4) is 0 Å². The summed E-state index contributed by atoms with van der Waals surface area (Å²) in [6.45, 7) is 10.5. The molecule has 1 aliphatic rings. The Hall–Kier alpha value is -0.0400. The fourth-order valence-electron chi connectivity index (χ4n) is 3.04. The van der Waals surface area contributed by atoms with E-state index < -0.39 is 0 Å². The topological polar surface area (TPSA) is 12.0 Å². The molecule has 1 N–H and O–H groups in total. The maximum atomic E-state index is 3.77. The van der Waals surface area contributed by atoms with Crippen LogP contribution in [0, 0.1) is 11.3 Å². The lowest BCUT2D eigenvalue weighted by Crippen LogP contribution is -2.31. The highest BCUT2D eigenvalue weighted by Crippen LogP contribution is 2.30. The number of hydrogen-bond donors (Lipinski definition) is 1. The van der Waals surface area contributed by atoms with Gasteiger partial charge >= 0.3 is 0 Å². The molecule has 108 valence electrons. The second-order valence-electron chi connectivity index (χ2n) is 7.48. The third-order valence-corrected chi connectivity index (χ3v) is 4.32. The maximum Gasteiger partial charge on any atom is 0.00673 e. The molecule has 1 heteroatoms. The molecule has 18 heavy (non-hydrogen) atoms. The molecular formula is C17H35N. The minimum Gasteiger partial charge on any atom is -0.314 e. The molecule has 0 bridgehead atoms. The number of rotatable bonds is 8. The molecule has 0 spiro atoms. The van der Waals surface area contributed by atoms with Gasteiger partial charge in [-0.05, 0) is 50.0 Å². The van der Waals surface area contributed by atoms with Gasteiger partial charge in [-0.2, -0.15) is 0 Å². The standard InChI is InChI=1S/C17H35N/c1-5-14-18-16(12-13-17(2,3)4)11-10-15-8-6-7-9-15/h15-16,18H,5-14H2,1-4H3. The highest BCUT2D eigenvalue weighted by Gasteiger charge is 2.19. The summed E-state index contributed by atoms with van der Waals surface area (Å²) < 4.78 is 0. The smallest absolute Gasteiger partial charge is 0.00673 e. The lowest BCUT2D eigenvalue weighted by Gasteiger charge is -2.25. The SMILES string of the molecule is CCCNC(CCC1CCCC1)CCC(C)(C)C. The highest BCUT2D eigenvalue weighted by molar-refractivity contribution is 4.75. The van der Waals surface area contributed by atoms with Crippen molar-refractivity contribution in [1.82, 2.24) is 5.32 Å². The molecule has 0 heterocycles. The van der Waals surface area contributed by atoms with Gasteiger partial charge in [-0.1, -0.05) is 53.4 Å². The van der Waals surface area contributed by atoms with Crippen LogP contribution in [0.5, 0.6) is 0 Å². The van der Waals surface area contributed by atoms with E-state index >= 15 is 0 Å². The molecule has 1 fully saturated rings. The van der Waals surface area contributed by atoms with E-state index in [2.05, 4.69) is 33.0 Å². The quantitative estimate of drug-likeness (QED) is 0.630. The fourth-order valence-corrected chi connectivity index (χ4v) is 3.04. The zero-order valence-electron chi connectivity index (χ0n) is 13.2. The van der Waals surface area contributed by atoms with Crippen molar-refractivity contribution in [2.75, 3.05) is 6.54 Å². The van der Waals surface area contributed by atoms with Crippen LogP contribution in [-0.2, 0) is 0 Å². The summed E-state index contributed by atoms with van der Waals surface area (Å²) in [5, 5.41) is 3.77. The van der Waals surface area contributed by atoms with Gasteiger partial charge in [0.2, 0.25) is 0 Å². The van der Waals surface area contributed by atoms with E-state index in [0.717, 1.165) is 12.0 Å². The monoisotopic (exact) mass is 253 g/mol. The van der Waals surface area contributed by atoms with Crippen molar-refractivity contribution in [1.29, 1.82) is 0 Å². The first kappa shape index (κ1) is 16.0. The minimum atomic E-state index is 0.486. The zero-order chi connectivity index (χ0) is 13.4. The first-order valence-electron chi connectivity index (χ1n) is 8.24. The van der Waals surface area contributed by atoms with E-state index in [0.29, 0.717) is 5.41 Å². The van der Waals surface area contributed by atoms with Crippen molar-refractivity contribution < 1.29 is 0 Å². The third-order valence-electron chi connectivity index (χ3n) is 4.32. The van der Waals surface area contributed by atoms with Crippen LogP contribution in [-0.4, -0.2) is 12.6 Å². The Morgan fingerprint density at radius 3 is 2.33 bits per heavy atom. The summed E-state index contributed by atoms with van der Waals surface area (Å²) in [5.41, 5.74) is 0.486. The van der Waals surface area contributed by atoms with Gasteiger partial charge in [0, 0.05) is 6.04 Å². The summed E-state index contributed by atoms with van der Waals surface area (Å²) in [5.74, 6) is 1.05. The Bertz CT molecular complexity index is 198. The van der Waals surface area contributed by atoms with Crippen LogP contribution >= 0.6 is 0 Å². The van der Waals surface area contributed by atoms with Gasteiger partial charge in [0.25, 0.3) is 0 Å². The zero-order valence-corrected chi connectivity index (χ0v) is 13.2. The first-order chi connectivity index (χ1) is 8.51. The average Bonchev–Trinajstić information content (AvgIpc) is 2.79. The molecule has 0 radical (unpaired) electrons. The molecular weight excluding hydrogens is 218 g/mol. The summed E-state index contributed by atoms with van der Waals surface area (Å²) in [6.07, 6.45) is 12.8. The Kier molecular flexibility index (Phi) is 7.29. The predicted molar refractivity (Wildman–Crippen MR) is 82.0 cm³/mol. The first-order valence-corrected chi connectivity index (χ1v) is 8.24. The van der Waals surface area contributed by atoms with E-state index in [-0.39, 0.29) is 0 Å². The molecule has 1 rings (SSSR count). The molecule has 1 unspecified atom stereocenters. The van der Waals surface area contributed by atoms with Crippen molar-refractivity contribution in [2.24, 2.45) is 11.3 Å². The Labute approximate surface area is 115 Å². The summed E-state index contributed by atoms with van der Waals surface area (Å²) >= 11 is 0. The molecule has 1 nitrogen and oxygen atoms in total. The second kappa shape index (κ2) is 8.19. The van der Waals surface area contributed by atoms with E-state index in [1.165, 1.54) is 64.3 Å². The van der Waals surface area contributed by atoms with Crippen LogP contribution in [0.1, 0.15) is 85.5 Å². The summed E-state index contributed by atoms with van der Waals surface area (Å²) in [4.78, 5) is 0. The van der Waals surface area contributed by atoms with E-state index in [1.807, 2.05) is 0 Å². The Morgan fingerprint density at radius 2 is 1.78 bits per heavy atom. The molecule has 1 atom stereocenters. The number of nitrogens with one attached hydrogen (secondary N) is 1. The normalized spacial score (nSPS) is 19.3. The van der Waals surface area contributed by atoms with Crippen LogP contribution in [0.4, 0.5) is 0 Å². The molecule has 0 aromatic rings. The lowest BCUT2D eigenvalue weighted by atomic mass is 9.87. The van der Waals surface area contributed by atoms with Gasteiger partial charge in [-0.15, -0.1) is 0 Å². The average molecular weight is 253 g/mol. The van der Waals surface area contributed by atoms with E-state index in [1.54, 1.807) is 0 Å². The van der Waals surface area contributed by atoms with Gasteiger partial charge in [0.1, 0.15) is 0 Å². The van der Waals surface area contributed by atoms with E-state index in [9.17, 15) is 0 Å². The molecule has 1 aliphatic carbocycles. The molecule has 0 saturated heterocycles. The summed E-state index contributed by atoms with van der Waals surface area (Å²) in [6, 6.07) is 0.768. The predicted octanol–water partition coefficient (Wildman–Crippen LogP) is 5.15. The van der Waals surface area contributed by atoms with E-state index in [4.69, 9.17) is 0 Å². The second-order valence-corrected chi connectivity index (χ2v) is 7.48. The highest BCUT2D eigenvalue weighted by atomic mass is 14.9. The molecule has 0 aromatic heterocycles. The van der Waals surface area contributed by atoms with Gasteiger partial charge in [0.05, 0.1) is 0 Å². The van der Waals surface area contributed by atoms with Gasteiger partial charge in [-0.25, -0.2) is 0 Å². The van der Waals surface area contributed by atoms with Crippen molar-refractivity contribution in [3.05, 3.63) is 0 Å². The van der Waals surface area contributed by atoms with Crippen LogP contribution in [0.2, 0.25) is 0 Å². The Balaban J connectivity index is 2.24. The van der Waals surface area contributed by atoms with Gasteiger partial charge in [0.15, 0.2) is 0 Å². The fraction of sp³-hybridized carbons (Fsp3) is 1.00. The number of hydrogen-bond acceptors (Lipinski definition) is 1. The van der Waals surface area contributed by atoms with Crippen LogP contribution in [0.15, 0.2) is 0 Å².